The summed E-state index contributed by atoms with van der Waals surface area (Å²) < 4.78 is 10.6. The Morgan fingerprint density at radius 3 is 2.10 bits per heavy atom. The summed E-state index contributed by atoms with van der Waals surface area (Å²) in [6.45, 7) is 0. The van der Waals surface area contributed by atoms with Crippen molar-refractivity contribution >= 4 is 0 Å². The van der Waals surface area contributed by atoms with Gasteiger partial charge in [-0.05, 0) is 29.7 Å². The summed E-state index contributed by atoms with van der Waals surface area (Å²) in [4.78, 5) is 0. The number of benzene rings is 2. The lowest BCUT2D eigenvalue weighted by Crippen LogP contribution is -2.29. The van der Waals surface area contributed by atoms with Crippen LogP contribution in [0, 0.1) is 0 Å². The van der Waals surface area contributed by atoms with Crippen LogP contribution in [0.4, 0.5) is 0 Å². The Hall–Kier alpha value is -2.04. The lowest BCUT2D eigenvalue weighted by atomic mass is 9.99. The number of methoxy groups -OCH3 is 2. The molecular formula is C16H20N2O2. The Labute approximate surface area is 119 Å². The molecule has 0 radical (unpaired) electrons. The highest BCUT2D eigenvalue weighted by Crippen LogP contribution is 2.27. The SMILES string of the molecule is COc1cc(OC)cc(C(Cc2ccccc2)NN)c1. The highest BCUT2D eigenvalue weighted by Gasteiger charge is 2.13. The first-order chi connectivity index (χ1) is 9.76. The van der Waals surface area contributed by atoms with Gasteiger partial charge in [0.25, 0.3) is 0 Å². The fraction of sp³-hybridized carbons (Fsp3) is 0.250. The zero-order chi connectivity index (χ0) is 14.4. The molecule has 0 aliphatic heterocycles. The van der Waals surface area contributed by atoms with Gasteiger partial charge in [0, 0.05) is 6.07 Å². The van der Waals surface area contributed by atoms with Crippen molar-refractivity contribution in [2.45, 2.75) is 12.5 Å². The van der Waals surface area contributed by atoms with Gasteiger partial charge in [-0.15, -0.1) is 0 Å². The second kappa shape index (κ2) is 6.93. The summed E-state index contributed by atoms with van der Waals surface area (Å²) in [5, 5.41) is 0. The van der Waals surface area contributed by atoms with Crippen LogP contribution in [0.1, 0.15) is 17.2 Å². The van der Waals surface area contributed by atoms with Gasteiger partial charge in [0.15, 0.2) is 0 Å². The topological polar surface area (TPSA) is 56.5 Å². The standard InChI is InChI=1S/C16H20N2O2/c1-19-14-9-13(10-15(11-14)20-2)16(18-17)8-12-6-4-3-5-7-12/h3-7,9-11,16,18H,8,17H2,1-2H3. The van der Waals surface area contributed by atoms with Crippen molar-refractivity contribution in [3.63, 3.8) is 0 Å². The molecule has 2 aromatic carbocycles. The Balaban J connectivity index is 2.26. The molecule has 1 atom stereocenters. The first-order valence-corrected chi connectivity index (χ1v) is 6.50. The number of rotatable bonds is 6. The highest BCUT2D eigenvalue weighted by atomic mass is 16.5. The molecule has 0 bridgehead atoms. The third-order valence-corrected chi connectivity index (χ3v) is 3.26. The van der Waals surface area contributed by atoms with E-state index in [1.807, 2.05) is 36.4 Å². The van der Waals surface area contributed by atoms with Crippen LogP contribution in [0.25, 0.3) is 0 Å². The maximum absolute atomic E-state index is 5.70. The Kier molecular flexibility index (Phi) is 4.98. The van der Waals surface area contributed by atoms with E-state index in [2.05, 4.69) is 17.6 Å². The van der Waals surface area contributed by atoms with Crippen molar-refractivity contribution in [3.05, 3.63) is 59.7 Å². The maximum Gasteiger partial charge on any atom is 0.122 e. The molecule has 1 unspecified atom stereocenters. The van der Waals surface area contributed by atoms with Crippen LogP contribution in [0.3, 0.4) is 0 Å². The molecule has 0 heterocycles. The van der Waals surface area contributed by atoms with E-state index in [0.717, 1.165) is 23.5 Å². The van der Waals surface area contributed by atoms with Crippen molar-refractivity contribution in [3.8, 4) is 11.5 Å². The van der Waals surface area contributed by atoms with Crippen LogP contribution in [-0.4, -0.2) is 14.2 Å². The summed E-state index contributed by atoms with van der Waals surface area (Å²) in [6.07, 6.45) is 0.799. The summed E-state index contributed by atoms with van der Waals surface area (Å²) >= 11 is 0. The molecule has 0 spiro atoms. The summed E-state index contributed by atoms with van der Waals surface area (Å²) in [5.74, 6) is 7.22. The molecule has 2 rings (SSSR count). The number of hydrogen-bond acceptors (Lipinski definition) is 4. The Morgan fingerprint density at radius 2 is 1.60 bits per heavy atom. The van der Waals surface area contributed by atoms with Gasteiger partial charge in [-0.3, -0.25) is 11.3 Å². The summed E-state index contributed by atoms with van der Waals surface area (Å²) in [6, 6.07) is 16.0. The molecule has 0 saturated carbocycles. The normalized spacial score (nSPS) is 11.9. The molecule has 4 heteroatoms. The highest BCUT2D eigenvalue weighted by molar-refractivity contribution is 5.40. The van der Waals surface area contributed by atoms with E-state index in [0.29, 0.717) is 0 Å². The van der Waals surface area contributed by atoms with Gasteiger partial charge in [-0.25, -0.2) is 0 Å². The van der Waals surface area contributed by atoms with Crippen molar-refractivity contribution in [2.75, 3.05) is 14.2 Å². The molecule has 0 amide bonds. The predicted octanol–water partition coefficient (Wildman–Crippen LogP) is 2.45. The second-order valence-electron chi connectivity index (χ2n) is 4.55. The van der Waals surface area contributed by atoms with E-state index in [1.54, 1.807) is 14.2 Å². The van der Waals surface area contributed by atoms with Gasteiger partial charge >= 0.3 is 0 Å². The summed E-state index contributed by atoms with van der Waals surface area (Å²) in [7, 11) is 3.28. The van der Waals surface area contributed by atoms with E-state index in [-0.39, 0.29) is 6.04 Å². The molecule has 0 aliphatic carbocycles. The van der Waals surface area contributed by atoms with Crippen LogP contribution >= 0.6 is 0 Å². The average Bonchev–Trinajstić information content (AvgIpc) is 2.53. The number of hydrogen-bond donors (Lipinski definition) is 2. The van der Waals surface area contributed by atoms with Gasteiger partial charge in [-0.2, -0.15) is 0 Å². The second-order valence-corrected chi connectivity index (χ2v) is 4.55. The van der Waals surface area contributed by atoms with Crippen molar-refractivity contribution in [1.82, 2.24) is 5.43 Å². The average molecular weight is 272 g/mol. The first kappa shape index (κ1) is 14.4. The molecule has 4 nitrogen and oxygen atoms in total. The van der Waals surface area contributed by atoms with Crippen molar-refractivity contribution in [1.29, 1.82) is 0 Å². The fourth-order valence-corrected chi connectivity index (χ4v) is 2.15. The minimum Gasteiger partial charge on any atom is -0.497 e. The molecule has 0 aliphatic rings. The van der Waals surface area contributed by atoms with E-state index < -0.39 is 0 Å². The number of ether oxygens (including phenoxy) is 2. The molecule has 106 valence electrons. The zero-order valence-electron chi connectivity index (χ0n) is 11.8. The van der Waals surface area contributed by atoms with Crippen molar-refractivity contribution < 1.29 is 9.47 Å². The maximum atomic E-state index is 5.70. The van der Waals surface area contributed by atoms with Crippen LogP contribution in [0.15, 0.2) is 48.5 Å². The Morgan fingerprint density at radius 1 is 1.00 bits per heavy atom. The molecular weight excluding hydrogens is 252 g/mol. The van der Waals surface area contributed by atoms with Crippen LogP contribution in [0.5, 0.6) is 11.5 Å². The molecule has 0 aromatic heterocycles. The number of nitrogens with two attached hydrogens (primary N) is 1. The quantitative estimate of drug-likeness (QED) is 0.626. The third-order valence-electron chi connectivity index (χ3n) is 3.26. The van der Waals surface area contributed by atoms with E-state index >= 15 is 0 Å². The number of hydrazine groups is 1. The molecule has 3 N–H and O–H groups in total. The van der Waals surface area contributed by atoms with E-state index in [9.17, 15) is 0 Å². The zero-order valence-corrected chi connectivity index (χ0v) is 11.8. The largest absolute Gasteiger partial charge is 0.497 e. The third kappa shape index (κ3) is 3.50. The van der Waals surface area contributed by atoms with E-state index in [4.69, 9.17) is 15.3 Å². The number of nitrogens with one attached hydrogen (secondary N) is 1. The lowest BCUT2D eigenvalue weighted by Gasteiger charge is -2.18. The van der Waals surface area contributed by atoms with Gasteiger partial charge in [-0.1, -0.05) is 30.3 Å². The van der Waals surface area contributed by atoms with Crippen LogP contribution in [-0.2, 0) is 6.42 Å². The van der Waals surface area contributed by atoms with Gasteiger partial charge < -0.3 is 9.47 Å². The summed E-state index contributed by atoms with van der Waals surface area (Å²) in [5.41, 5.74) is 5.11. The van der Waals surface area contributed by atoms with E-state index in [1.165, 1.54) is 5.56 Å². The van der Waals surface area contributed by atoms with Crippen molar-refractivity contribution in [2.24, 2.45) is 5.84 Å². The van der Waals surface area contributed by atoms with Crippen LogP contribution in [0.2, 0.25) is 0 Å². The molecule has 20 heavy (non-hydrogen) atoms. The smallest absolute Gasteiger partial charge is 0.122 e. The first-order valence-electron chi connectivity index (χ1n) is 6.50. The molecule has 0 saturated heterocycles. The Bertz CT molecular complexity index is 521. The van der Waals surface area contributed by atoms with Gasteiger partial charge in [0.05, 0.1) is 20.3 Å². The minimum absolute atomic E-state index is 0.00130. The van der Waals surface area contributed by atoms with Crippen LogP contribution < -0.4 is 20.7 Å². The minimum atomic E-state index is 0.00130. The van der Waals surface area contributed by atoms with Gasteiger partial charge in [0.2, 0.25) is 0 Å². The fourth-order valence-electron chi connectivity index (χ4n) is 2.15. The lowest BCUT2D eigenvalue weighted by molar-refractivity contribution is 0.391. The predicted molar refractivity (Wildman–Crippen MR) is 79.8 cm³/mol. The molecule has 2 aromatic rings. The monoisotopic (exact) mass is 272 g/mol. The molecule has 0 fully saturated rings. The van der Waals surface area contributed by atoms with Gasteiger partial charge in [0.1, 0.15) is 11.5 Å².